The molecule has 0 saturated heterocycles. The third-order valence-corrected chi connectivity index (χ3v) is 4.74. The van der Waals surface area contributed by atoms with Crippen molar-refractivity contribution in [3.8, 4) is 5.75 Å². The SMILES string of the molecule is CCC(Oc1cccc2ccccc12)C(=O)Nc1cccc(SC)c1. The summed E-state index contributed by atoms with van der Waals surface area (Å²) in [6.07, 6.45) is 2.07. The number of carbonyl (C=O) groups excluding carboxylic acids is 1. The Hall–Kier alpha value is -2.46. The predicted molar refractivity (Wildman–Crippen MR) is 106 cm³/mol. The maximum Gasteiger partial charge on any atom is 0.265 e. The van der Waals surface area contributed by atoms with Gasteiger partial charge in [-0.3, -0.25) is 4.79 Å². The molecule has 0 aliphatic heterocycles. The van der Waals surface area contributed by atoms with Crippen molar-refractivity contribution in [2.45, 2.75) is 24.3 Å². The van der Waals surface area contributed by atoms with Crippen LogP contribution < -0.4 is 10.1 Å². The summed E-state index contributed by atoms with van der Waals surface area (Å²) in [5.74, 6) is 0.603. The van der Waals surface area contributed by atoms with Gasteiger partial charge in [-0.2, -0.15) is 0 Å². The average molecular weight is 351 g/mol. The van der Waals surface area contributed by atoms with E-state index in [1.807, 2.05) is 79.9 Å². The molecule has 0 heterocycles. The first-order valence-corrected chi connectivity index (χ1v) is 9.53. The molecule has 0 aliphatic rings. The van der Waals surface area contributed by atoms with Gasteiger partial charge < -0.3 is 10.1 Å². The van der Waals surface area contributed by atoms with Gasteiger partial charge in [-0.1, -0.05) is 49.4 Å². The maximum absolute atomic E-state index is 12.6. The number of amides is 1. The normalized spacial score (nSPS) is 11.9. The quantitative estimate of drug-likeness (QED) is 0.608. The summed E-state index contributed by atoms with van der Waals surface area (Å²) in [4.78, 5) is 13.8. The first-order chi connectivity index (χ1) is 12.2. The highest BCUT2D eigenvalue weighted by Gasteiger charge is 2.19. The van der Waals surface area contributed by atoms with E-state index in [1.54, 1.807) is 11.8 Å². The molecule has 1 amide bonds. The number of rotatable bonds is 6. The number of benzene rings is 3. The minimum absolute atomic E-state index is 0.131. The second kappa shape index (κ2) is 8.08. The first-order valence-electron chi connectivity index (χ1n) is 8.30. The molecule has 3 aromatic carbocycles. The molecule has 1 atom stereocenters. The second-order valence-corrected chi connectivity index (χ2v) is 6.59. The van der Waals surface area contributed by atoms with E-state index < -0.39 is 6.10 Å². The second-order valence-electron chi connectivity index (χ2n) is 5.71. The number of hydrogen-bond donors (Lipinski definition) is 1. The van der Waals surface area contributed by atoms with Crippen LogP contribution in [-0.2, 0) is 4.79 Å². The van der Waals surface area contributed by atoms with Crippen LogP contribution in [0.15, 0.2) is 71.6 Å². The Labute approximate surface area is 152 Å². The van der Waals surface area contributed by atoms with E-state index >= 15 is 0 Å². The van der Waals surface area contributed by atoms with E-state index in [2.05, 4.69) is 5.32 Å². The number of ether oxygens (including phenoxy) is 1. The van der Waals surface area contributed by atoms with Crippen LogP contribution in [-0.4, -0.2) is 18.3 Å². The van der Waals surface area contributed by atoms with Crippen molar-refractivity contribution in [1.29, 1.82) is 0 Å². The molecule has 0 fully saturated rings. The predicted octanol–water partition coefficient (Wildman–Crippen LogP) is 5.36. The Morgan fingerprint density at radius 3 is 2.64 bits per heavy atom. The van der Waals surface area contributed by atoms with Crippen LogP contribution in [0.25, 0.3) is 10.8 Å². The third-order valence-electron chi connectivity index (χ3n) is 4.02. The van der Waals surface area contributed by atoms with E-state index in [9.17, 15) is 4.79 Å². The lowest BCUT2D eigenvalue weighted by Gasteiger charge is -2.18. The topological polar surface area (TPSA) is 38.3 Å². The molecule has 0 radical (unpaired) electrons. The van der Waals surface area contributed by atoms with Crippen LogP contribution >= 0.6 is 11.8 Å². The molecule has 0 aliphatic carbocycles. The van der Waals surface area contributed by atoms with Gasteiger partial charge in [0.15, 0.2) is 6.10 Å². The highest BCUT2D eigenvalue weighted by atomic mass is 32.2. The van der Waals surface area contributed by atoms with Crippen molar-refractivity contribution < 1.29 is 9.53 Å². The molecule has 0 spiro atoms. The molecule has 128 valence electrons. The van der Waals surface area contributed by atoms with Gasteiger partial charge in [0.1, 0.15) is 5.75 Å². The molecular formula is C21H21NO2S. The fourth-order valence-electron chi connectivity index (χ4n) is 2.70. The van der Waals surface area contributed by atoms with Crippen LogP contribution in [0.1, 0.15) is 13.3 Å². The van der Waals surface area contributed by atoms with Crippen molar-refractivity contribution >= 4 is 34.1 Å². The fourth-order valence-corrected chi connectivity index (χ4v) is 3.16. The van der Waals surface area contributed by atoms with E-state index in [-0.39, 0.29) is 5.91 Å². The number of carbonyl (C=O) groups is 1. The van der Waals surface area contributed by atoms with Crippen LogP contribution in [0.2, 0.25) is 0 Å². The molecule has 1 N–H and O–H groups in total. The summed E-state index contributed by atoms with van der Waals surface area (Å²) < 4.78 is 6.05. The minimum Gasteiger partial charge on any atom is -0.480 e. The summed E-state index contributed by atoms with van der Waals surface area (Å²) in [6.45, 7) is 1.95. The van der Waals surface area contributed by atoms with Gasteiger partial charge in [0.2, 0.25) is 0 Å². The monoisotopic (exact) mass is 351 g/mol. The van der Waals surface area contributed by atoms with Crippen molar-refractivity contribution in [1.82, 2.24) is 0 Å². The van der Waals surface area contributed by atoms with E-state index in [4.69, 9.17) is 4.74 Å². The van der Waals surface area contributed by atoms with Crippen molar-refractivity contribution in [3.63, 3.8) is 0 Å². The zero-order valence-corrected chi connectivity index (χ0v) is 15.2. The minimum atomic E-state index is -0.538. The molecule has 4 heteroatoms. The zero-order valence-electron chi connectivity index (χ0n) is 14.4. The van der Waals surface area contributed by atoms with E-state index in [0.29, 0.717) is 6.42 Å². The standard InChI is InChI=1S/C21H21NO2S/c1-3-19(21(23)22-16-10-7-11-17(14-16)25-2)24-20-13-6-9-15-8-4-5-12-18(15)20/h4-14,19H,3H2,1-2H3,(H,22,23). The first kappa shape index (κ1) is 17.4. The number of hydrogen-bond acceptors (Lipinski definition) is 3. The van der Waals surface area contributed by atoms with E-state index in [0.717, 1.165) is 27.1 Å². The van der Waals surface area contributed by atoms with Gasteiger partial charge in [-0.25, -0.2) is 0 Å². The molecule has 25 heavy (non-hydrogen) atoms. The number of anilines is 1. The highest BCUT2D eigenvalue weighted by Crippen LogP contribution is 2.27. The molecule has 0 aromatic heterocycles. The molecular weight excluding hydrogens is 330 g/mol. The van der Waals surface area contributed by atoms with Crippen LogP contribution in [0.4, 0.5) is 5.69 Å². The third kappa shape index (κ3) is 4.15. The van der Waals surface area contributed by atoms with Crippen molar-refractivity contribution in [2.24, 2.45) is 0 Å². The Morgan fingerprint density at radius 2 is 1.84 bits per heavy atom. The van der Waals surface area contributed by atoms with Crippen LogP contribution in [0, 0.1) is 0 Å². The fraction of sp³-hybridized carbons (Fsp3) is 0.190. The molecule has 3 aromatic rings. The molecule has 0 saturated carbocycles. The zero-order chi connectivity index (χ0) is 17.6. The van der Waals surface area contributed by atoms with Gasteiger partial charge in [0.05, 0.1) is 0 Å². The van der Waals surface area contributed by atoms with Crippen molar-refractivity contribution in [3.05, 3.63) is 66.7 Å². The number of nitrogens with one attached hydrogen (secondary N) is 1. The van der Waals surface area contributed by atoms with Crippen molar-refractivity contribution in [2.75, 3.05) is 11.6 Å². The summed E-state index contributed by atoms with van der Waals surface area (Å²) in [5, 5.41) is 5.07. The average Bonchev–Trinajstić information content (AvgIpc) is 2.66. The maximum atomic E-state index is 12.6. The van der Waals surface area contributed by atoms with Crippen LogP contribution in [0.5, 0.6) is 5.75 Å². The summed E-state index contributed by atoms with van der Waals surface area (Å²) in [7, 11) is 0. The Balaban J connectivity index is 1.78. The molecule has 1 unspecified atom stereocenters. The lowest BCUT2D eigenvalue weighted by atomic mass is 10.1. The van der Waals surface area contributed by atoms with E-state index in [1.165, 1.54) is 0 Å². The van der Waals surface area contributed by atoms with Gasteiger partial charge in [0, 0.05) is 16.0 Å². The summed E-state index contributed by atoms with van der Waals surface area (Å²) in [6, 6.07) is 21.7. The Morgan fingerprint density at radius 1 is 1.08 bits per heavy atom. The number of thioether (sulfide) groups is 1. The summed E-state index contributed by atoms with van der Waals surface area (Å²) >= 11 is 1.65. The van der Waals surface area contributed by atoms with Gasteiger partial charge >= 0.3 is 0 Å². The Kier molecular flexibility index (Phi) is 5.61. The van der Waals surface area contributed by atoms with Gasteiger partial charge in [-0.05, 0) is 42.3 Å². The van der Waals surface area contributed by atoms with Gasteiger partial charge in [-0.15, -0.1) is 11.8 Å². The lowest BCUT2D eigenvalue weighted by Crippen LogP contribution is -2.32. The molecule has 0 bridgehead atoms. The molecule has 3 nitrogen and oxygen atoms in total. The van der Waals surface area contributed by atoms with Crippen LogP contribution in [0.3, 0.4) is 0 Å². The number of fused-ring (bicyclic) bond motifs is 1. The Bertz CT molecular complexity index is 873. The summed E-state index contributed by atoms with van der Waals surface area (Å²) in [5.41, 5.74) is 0.789. The smallest absolute Gasteiger partial charge is 0.265 e. The highest BCUT2D eigenvalue weighted by molar-refractivity contribution is 7.98. The molecule has 3 rings (SSSR count). The lowest BCUT2D eigenvalue weighted by molar-refractivity contribution is -0.122. The largest absolute Gasteiger partial charge is 0.480 e. The van der Waals surface area contributed by atoms with Gasteiger partial charge in [0.25, 0.3) is 5.91 Å².